The molecule has 1 aliphatic rings. The maximum Gasteiger partial charge on any atom is 0.204 e. The third-order valence-electron chi connectivity index (χ3n) is 2.43. The topological polar surface area (TPSA) is 44.8 Å². The van der Waals surface area contributed by atoms with E-state index >= 15 is 0 Å². The number of thioether (sulfide) groups is 1. The molecule has 0 atom stereocenters. The van der Waals surface area contributed by atoms with Gasteiger partial charge in [-0.2, -0.15) is 0 Å². The molecule has 0 saturated carbocycles. The van der Waals surface area contributed by atoms with E-state index in [0.717, 1.165) is 4.90 Å². The van der Waals surface area contributed by atoms with Gasteiger partial charge in [0.05, 0.1) is 32.0 Å². The summed E-state index contributed by atoms with van der Waals surface area (Å²) in [6.07, 6.45) is 0. The van der Waals surface area contributed by atoms with Crippen LogP contribution in [0.3, 0.4) is 0 Å². The molecule has 0 amide bonds. The minimum atomic E-state index is 0.0965. The highest BCUT2D eigenvalue weighted by Crippen LogP contribution is 2.49. The van der Waals surface area contributed by atoms with E-state index in [-0.39, 0.29) is 5.78 Å². The van der Waals surface area contributed by atoms with Gasteiger partial charge in [0.15, 0.2) is 17.3 Å². The van der Waals surface area contributed by atoms with Crippen LogP contribution in [-0.2, 0) is 0 Å². The standard InChI is InChI=1S/C11H12O4S/c1-13-8-4-6-7(12)5-16-11(6)10(15-3)9(8)14-2/h4H,5H2,1-3H3. The zero-order valence-electron chi connectivity index (χ0n) is 9.33. The van der Waals surface area contributed by atoms with Crippen molar-refractivity contribution in [2.75, 3.05) is 27.1 Å². The SMILES string of the molecule is COc1cc2c(c(OC)c1OC)SCC2=O. The molecule has 2 rings (SSSR count). The minimum absolute atomic E-state index is 0.0965. The van der Waals surface area contributed by atoms with E-state index in [2.05, 4.69) is 0 Å². The van der Waals surface area contributed by atoms with Gasteiger partial charge in [0, 0.05) is 5.56 Å². The smallest absolute Gasteiger partial charge is 0.204 e. The van der Waals surface area contributed by atoms with Crippen molar-refractivity contribution >= 4 is 17.5 Å². The number of hydrogen-bond acceptors (Lipinski definition) is 5. The second kappa shape index (κ2) is 4.25. The molecule has 16 heavy (non-hydrogen) atoms. The van der Waals surface area contributed by atoms with Crippen molar-refractivity contribution in [2.24, 2.45) is 0 Å². The Bertz CT molecular complexity index is 442. The van der Waals surface area contributed by atoms with Crippen molar-refractivity contribution in [3.63, 3.8) is 0 Å². The number of methoxy groups -OCH3 is 3. The summed E-state index contributed by atoms with van der Waals surface area (Å²) in [5.41, 5.74) is 0.652. The largest absolute Gasteiger partial charge is 0.493 e. The summed E-state index contributed by atoms with van der Waals surface area (Å²) in [5.74, 6) is 2.18. The highest BCUT2D eigenvalue weighted by molar-refractivity contribution is 8.00. The second-order valence-electron chi connectivity index (χ2n) is 3.23. The Morgan fingerprint density at radius 2 is 1.81 bits per heavy atom. The Morgan fingerprint density at radius 3 is 2.38 bits per heavy atom. The quantitative estimate of drug-likeness (QED) is 0.808. The lowest BCUT2D eigenvalue weighted by Gasteiger charge is -2.14. The summed E-state index contributed by atoms with van der Waals surface area (Å²) in [6.45, 7) is 0. The molecule has 0 spiro atoms. The fourth-order valence-corrected chi connectivity index (χ4v) is 2.76. The van der Waals surface area contributed by atoms with Crippen molar-refractivity contribution in [3.05, 3.63) is 11.6 Å². The first kappa shape index (κ1) is 11.1. The van der Waals surface area contributed by atoms with Crippen molar-refractivity contribution in [3.8, 4) is 17.2 Å². The monoisotopic (exact) mass is 240 g/mol. The molecule has 0 radical (unpaired) electrons. The number of hydrogen-bond donors (Lipinski definition) is 0. The van der Waals surface area contributed by atoms with Crippen LogP contribution >= 0.6 is 11.8 Å². The van der Waals surface area contributed by atoms with Gasteiger partial charge in [-0.15, -0.1) is 11.8 Å². The van der Waals surface area contributed by atoms with Crippen LogP contribution < -0.4 is 14.2 Å². The molecule has 1 heterocycles. The lowest BCUT2D eigenvalue weighted by molar-refractivity contribution is 0.102. The van der Waals surface area contributed by atoms with Crippen LogP contribution in [-0.4, -0.2) is 32.9 Å². The van der Waals surface area contributed by atoms with Crippen LogP contribution in [0, 0.1) is 0 Å². The van der Waals surface area contributed by atoms with Gasteiger partial charge in [-0.25, -0.2) is 0 Å². The van der Waals surface area contributed by atoms with Gasteiger partial charge < -0.3 is 14.2 Å². The van der Waals surface area contributed by atoms with E-state index in [1.54, 1.807) is 20.3 Å². The summed E-state index contributed by atoms with van der Waals surface area (Å²) in [7, 11) is 4.64. The molecule has 0 aliphatic carbocycles. The van der Waals surface area contributed by atoms with E-state index in [4.69, 9.17) is 14.2 Å². The van der Waals surface area contributed by atoms with Gasteiger partial charge in [0.1, 0.15) is 0 Å². The summed E-state index contributed by atoms with van der Waals surface area (Å²) < 4.78 is 15.7. The van der Waals surface area contributed by atoms with Crippen molar-refractivity contribution in [2.45, 2.75) is 4.90 Å². The average molecular weight is 240 g/mol. The van der Waals surface area contributed by atoms with Crippen LogP contribution in [0.4, 0.5) is 0 Å². The predicted molar refractivity (Wildman–Crippen MR) is 61.2 cm³/mol. The molecule has 0 bridgehead atoms. The average Bonchev–Trinajstić information content (AvgIpc) is 2.68. The number of ketones is 1. The van der Waals surface area contributed by atoms with E-state index in [1.807, 2.05) is 0 Å². The highest BCUT2D eigenvalue weighted by atomic mass is 32.2. The zero-order chi connectivity index (χ0) is 11.7. The molecule has 1 aliphatic heterocycles. The van der Waals surface area contributed by atoms with Crippen LogP contribution in [0.2, 0.25) is 0 Å². The summed E-state index contributed by atoms with van der Waals surface area (Å²) in [4.78, 5) is 12.5. The molecule has 0 fully saturated rings. The molecule has 1 aromatic rings. The van der Waals surface area contributed by atoms with Crippen molar-refractivity contribution in [1.29, 1.82) is 0 Å². The van der Waals surface area contributed by atoms with Gasteiger partial charge in [0.2, 0.25) is 5.75 Å². The highest BCUT2D eigenvalue weighted by Gasteiger charge is 2.29. The number of carbonyl (C=O) groups excluding carboxylic acids is 1. The Labute approximate surface area is 97.9 Å². The Morgan fingerprint density at radius 1 is 1.12 bits per heavy atom. The van der Waals surface area contributed by atoms with Gasteiger partial charge in [0.25, 0.3) is 0 Å². The lowest BCUT2D eigenvalue weighted by Crippen LogP contribution is -2.00. The number of fused-ring (bicyclic) bond motifs is 1. The first-order valence-electron chi connectivity index (χ1n) is 4.71. The molecule has 0 aromatic heterocycles. The van der Waals surface area contributed by atoms with Crippen LogP contribution in [0.5, 0.6) is 17.2 Å². The molecule has 86 valence electrons. The van der Waals surface area contributed by atoms with Crippen LogP contribution in [0.15, 0.2) is 11.0 Å². The van der Waals surface area contributed by atoms with E-state index in [0.29, 0.717) is 28.6 Å². The molecule has 4 nitrogen and oxygen atoms in total. The van der Waals surface area contributed by atoms with Crippen LogP contribution in [0.25, 0.3) is 0 Å². The molecule has 5 heteroatoms. The van der Waals surface area contributed by atoms with E-state index in [9.17, 15) is 4.79 Å². The predicted octanol–water partition coefficient (Wildman–Crippen LogP) is 2.00. The molecule has 0 unspecified atom stereocenters. The van der Waals surface area contributed by atoms with Gasteiger partial charge in [-0.1, -0.05) is 0 Å². The zero-order valence-corrected chi connectivity index (χ0v) is 10.1. The molecular weight excluding hydrogens is 228 g/mol. The number of rotatable bonds is 3. The summed E-state index contributed by atoms with van der Waals surface area (Å²) in [5, 5.41) is 0. The minimum Gasteiger partial charge on any atom is -0.493 e. The second-order valence-corrected chi connectivity index (χ2v) is 4.22. The maximum absolute atomic E-state index is 11.6. The third-order valence-corrected chi connectivity index (χ3v) is 3.53. The third kappa shape index (κ3) is 1.51. The Balaban J connectivity index is 2.68. The van der Waals surface area contributed by atoms with E-state index < -0.39 is 0 Å². The fourth-order valence-electron chi connectivity index (χ4n) is 1.70. The van der Waals surface area contributed by atoms with Gasteiger partial charge >= 0.3 is 0 Å². The van der Waals surface area contributed by atoms with Gasteiger partial charge in [-0.05, 0) is 6.07 Å². The number of carbonyl (C=O) groups is 1. The van der Waals surface area contributed by atoms with E-state index in [1.165, 1.54) is 18.9 Å². The molecule has 1 aromatic carbocycles. The Hall–Kier alpha value is -1.36. The van der Waals surface area contributed by atoms with Gasteiger partial charge in [-0.3, -0.25) is 4.79 Å². The molecular formula is C11H12O4S. The van der Waals surface area contributed by atoms with Crippen molar-refractivity contribution < 1.29 is 19.0 Å². The molecule has 0 N–H and O–H groups in total. The maximum atomic E-state index is 11.6. The van der Waals surface area contributed by atoms with Crippen LogP contribution in [0.1, 0.15) is 10.4 Å². The summed E-state index contributed by atoms with van der Waals surface area (Å²) in [6, 6.07) is 1.71. The number of ether oxygens (including phenoxy) is 3. The number of benzene rings is 1. The number of Topliss-reactive ketones (excluding diaryl/α,β-unsaturated/α-hetero) is 1. The lowest BCUT2D eigenvalue weighted by atomic mass is 10.1. The Kier molecular flexibility index (Phi) is 2.96. The van der Waals surface area contributed by atoms with Crippen molar-refractivity contribution in [1.82, 2.24) is 0 Å². The molecule has 0 saturated heterocycles. The first-order valence-corrected chi connectivity index (χ1v) is 5.70. The first-order chi connectivity index (χ1) is 7.72. The fraction of sp³-hybridized carbons (Fsp3) is 0.364. The normalized spacial score (nSPS) is 13.6. The summed E-state index contributed by atoms with van der Waals surface area (Å²) >= 11 is 1.47.